The number of piperidine rings is 1. The second-order valence-corrected chi connectivity index (χ2v) is 7.96. The predicted molar refractivity (Wildman–Crippen MR) is 104 cm³/mol. The van der Waals surface area contributed by atoms with E-state index in [-0.39, 0.29) is 19.1 Å². The average Bonchev–Trinajstić information content (AvgIpc) is 2.60. The van der Waals surface area contributed by atoms with Crippen LogP contribution in [0.2, 0.25) is 0 Å². The van der Waals surface area contributed by atoms with Crippen molar-refractivity contribution in [2.75, 3.05) is 13.1 Å². The summed E-state index contributed by atoms with van der Waals surface area (Å²) in [5.41, 5.74) is 0.173. The van der Waals surface area contributed by atoms with Crippen molar-refractivity contribution in [2.24, 2.45) is 0 Å². The molecule has 0 saturated carbocycles. The summed E-state index contributed by atoms with van der Waals surface area (Å²) in [4.78, 5) is 39.0. The fourth-order valence-corrected chi connectivity index (χ4v) is 3.49. The van der Waals surface area contributed by atoms with E-state index in [1.807, 2.05) is 30.3 Å². The van der Waals surface area contributed by atoms with Crippen molar-refractivity contribution < 1.29 is 24.2 Å². The van der Waals surface area contributed by atoms with Crippen LogP contribution in [0.15, 0.2) is 30.3 Å². The van der Waals surface area contributed by atoms with E-state index in [0.717, 1.165) is 5.56 Å². The highest BCUT2D eigenvalue weighted by atomic mass is 16.5. The lowest BCUT2D eigenvalue weighted by Crippen LogP contribution is -2.65. The number of hydrogen-bond acceptors (Lipinski definition) is 4. The molecule has 28 heavy (non-hydrogen) atoms. The van der Waals surface area contributed by atoms with Gasteiger partial charge in [0.15, 0.2) is 0 Å². The summed E-state index contributed by atoms with van der Waals surface area (Å²) in [5.74, 6) is -0.116. The van der Waals surface area contributed by atoms with Crippen LogP contribution in [0.3, 0.4) is 0 Å². The van der Waals surface area contributed by atoms with Gasteiger partial charge in [-0.15, -0.1) is 0 Å². The number of hydrogen-bond donors (Lipinski definition) is 2. The van der Waals surface area contributed by atoms with Crippen LogP contribution >= 0.6 is 0 Å². The minimum atomic E-state index is -1.09. The number of carbonyl (C=O) groups is 3. The Balaban J connectivity index is 2.11. The standard InChI is InChI=1S/C20H29N3O5/c1-14(24)22-11-10-16(17(12-22)23(19(26)27)20(2,3)4)21-18(25)28-13-15-8-6-5-7-9-15/h5-9,16-17H,10-13H2,1-4H3,(H,21,25)(H,26,27)/t16-,17+/m0/s1. The van der Waals surface area contributed by atoms with Crippen molar-refractivity contribution in [3.8, 4) is 0 Å². The average molecular weight is 391 g/mol. The molecule has 1 heterocycles. The van der Waals surface area contributed by atoms with Gasteiger partial charge in [0, 0.05) is 25.6 Å². The summed E-state index contributed by atoms with van der Waals surface area (Å²) in [6.07, 6.45) is -1.24. The Bertz CT molecular complexity index is 702. The largest absolute Gasteiger partial charge is 0.465 e. The Kier molecular flexibility index (Phi) is 6.88. The van der Waals surface area contributed by atoms with E-state index >= 15 is 0 Å². The van der Waals surface area contributed by atoms with Gasteiger partial charge in [0.05, 0.1) is 12.1 Å². The van der Waals surface area contributed by atoms with Crippen LogP contribution in [0.4, 0.5) is 9.59 Å². The van der Waals surface area contributed by atoms with Crippen LogP contribution in [0, 0.1) is 0 Å². The number of carboxylic acid groups (broad SMARTS) is 1. The van der Waals surface area contributed by atoms with Crippen molar-refractivity contribution in [1.82, 2.24) is 15.1 Å². The number of nitrogens with one attached hydrogen (secondary N) is 1. The van der Waals surface area contributed by atoms with Crippen LogP contribution in [0.1, 0.15) is 39.7 Å². The first-order valence-corrected chi connectivity index (χ1v) is 9.34. The zero-order valence-electron chi connectivity index (χ0n) is 16.8. The third-order valence-electron chi connectivity index (χ3n) is 4.80. The van der Waals surface area contributed by atoms with Crippen molar-refractivity contribution in [3.05, 3.63) is 35.9 Å². The van der Waals surface area contributed by atoms with Gasteiger partial charge in [-0.05, 0) is 32.8 Å². The van der Waals surface area contributed by atoms with E-state index < -0.39 is 29.8 Å². The third-order valence-corrected chi connectivity index (χ3v) is 4.80. The molecule has 2 N–H and O–H groups in total. The molecule has 0 aromatic heterocycles. The third kappa shape index (κ3) is 5.61. The summed E-state index contributed by atoms with van der Waals surface area (Å²) < 4.78 is 5.28. The fraction of sp³-hybridized carbons (Fsp3) is 0.550. The Hall–Kier alpha value is -2.77. The normalized spacial score (nSPS) is 19.6. The van der Waals surface area contributed by atoms with Gasteiger partial charge >= 0.3 is 12.2 Å². The van der Waals surface area contributed by atoms with Gasteiger partial charge in [-0.1, -0.05) is 30.3 Å². The summed E-state index contributed by atoms with van der Waals surface area (Å²) >= 11 is 0. The highest BCUT2D eigenvalue weighted by Crippen LogP contribution is 2.25. The lowest BCUT2D eigenvalue weighted by molar-refractivity contribution is -0.131. The van der Waals surface area contributed by atoms with E-state index in [0.29, 0.717) is 13.0 Å². The second kappa shape index (κ2) is 8.95. The summed E-state index contributed by atoms with van der Waals surface area (Å²) in [6.45, 7) is 7.64. The van der Waals surface area contributed by atoms with Crippen LogP contribution in [0.25, 0.3) is 0 Å². The number of alkyl carbamates (subject to hydrolysis) is 1. The van der Waals surface area contributed by atoms with Gasteiger partial charge in [0.2, 0.25) is 5.91 Å². The number of carbonyl (C=O) groups excluding carboxylic acids is 2. The minimum absolute atomic E-state index is 0.116. The van der Waals surface area contributed by atoms with E-state index in [9.17, 15) is 19.5 Å². The summed E-state index contributed by atoms with van der Waals surface area (Å²) in [5, 5.41) is 12.6. The van der Waals surface area contributed by atoms with Crippen molar-refractivity contribution in [2.45, 2.75) is 58.3 Å². The van der Waals surface area contributed by atoms with Gasteiger partial charge in [0.1, 0.15) is 6.61 Å². The Morgan fingerprint density at radius 2 is 1.89 bits per heavy atom. The molecule has 1 fully saturated rings. The lowest BCUT2D eigenvalue weighted by Gasteiger charge is -2.47. The van der Waals surface area contributed by atoms with Gasteiger partial charge in [-0.3, -0.25) is 9.69 Å². The molecule has 0 aliphatic carbocycles. The van der Waals surface area contributed by atoms with E-state index in [1.54, 1.807) is 25.7 Å². The summed E-state index contributed by atoms with van der Waals surface area (Å²) in [7, 11) is 0. The molecule has 1 saturated heterocycles. The molecule has 1 aromatic rings. The minimum Gasteiger partial charge on any atom is -0.465 e. The highest BCUT2D eigenvalue weighted by Gasteiger charge is 2.42. The van der Waals surface area contributed by atoms with Crippen LogP contribution in [-0.4, -0.2) is 63.7 Å². The first-order valence-electron chi connectivity index (χ1n) is 9.34. The maximum Gasteiger partial charge on any atom is 0.408 e. The highest BCUT2D eigenvalue weighted by molar-refractivity contribution is 5.74. The molecule has 0 unspecified atom stereocenters. The molecule has 8 nitrogen and oxygen atoms in total. The maximum absolute atomic E-state index is 12.3. The van der Waals surface area contributed by atoms with Crippen LogP contribution in [-0.2, 0) is 16.1 Å². The van der Waals surface area contributed by atoms with E-state index in [2.05, 4.69) is 5.32 Å². The molecule has 0 bridgehead atoms. The van der Waals surface area contributed by atoms with E-state index in [1.165, 1.54) is 11.8 Å². The van der Waals surface area contributed by atoms with Gasteiger partial charge in [-0.2, -0.15) is 0 Å². The number of ether oxygens (including phenoxy) is 1. The molecule has 2 atom stereocenters. The molecule has 8 heteroatoms. The number of rotatable bonds is 4. The second-order valence-electron chi connectivity index (χ2n) is 7.96. The molecule has 1 aliphatic heterocycles. The summed E-state index contributed by atoms with van der Waals surface area (Å²) in [6, 6.07) is 8.29. The molecular weight excluding hydrogens is 362 g/mol. The first kappa shape index (κ1) is 21.5. The van der Waals surface area contributed by atoms with Gasteiger partial charge in [0.25, 0.3) is 0 Å². The number of nitrogens with zero attached hydrogens (tertiary/aromatic N) is 2. The van der Waals surface area contributed by atoms with Gasteiger partial charge in [-0.25, -0.2) is 9.59 Å². The number of likely N-dealkylation sites (tertiary alicyclic amines) is 1. The Morgan fingerprint density at radius 1 is 1.25 bits per heavy atom. The van der Waals surface area contributed by atoms with Crippen molar-refractivity contribution >= 4 is 18.1 Å². The van der Waals surface area contributed by atoms with Gasteiger partial charge < -0.3 is 20.1 Å². The Labute approximate surface area is 165 Å². The monoisotopic (exact) mass is 391 g/mol. The van der Waals surface area contributed by atoms with Crippen LogP contribution < -0.4 is 5.32 Å². The van der Waals surface area contributed by atoms with Crippen molar-refractivity contribution in [1.29, 1.82) is 0 Å². The molecule has 1 aliphatic rings. The molecule has 3 amide bonds. The lowest BCUT2D eigenvalue weighted by atomic mass is 9.93. The maximum atomic E-state index is 12.3. The molecule has 2 rings (SSSR count). The molecular formula is C20H29N3O5. The molecule has 154 valence electrons. The topological polar surface area (TPSA) is 99.2 Å². The number of benzene rings is 1. The fourth-order valence-electron chi connectivity index (χ4n) is 3.49. The first-order chi connectivity index (χ1) is 13.1. The zero-order valence-corrected chi connectivity index (χ0v) is 16.8. The molecule has 0 spiro atoms. The number of amides is 3. The zero-order chi connectivity index (χ0) is 20.9. The quantitative estimate of drug-likeness (QED) is 0.822. The van der Waals surface area contributed by atoms with Crippen LogP contribution in [0.5, 0.6) is 0 Å². The van der Waals surface area contributed by atoms with E-state index in [4.69, 9.17) is 4.74 Å². The Morgan fingerprint density at radius 3 is 2.43 bits per heavy atom. The molecule has 1 aromatic carbocycles. The predicted octanol–water partition coefficient (Wildman–Crippen LogP) is 2.68. The SMILES string of the molecule is CC(=O)N1CC[C@H](NC(=O)OCc2ccccc2)[C@H](N(C(=O)O)C(C)(C)C)C1. The van der Waals surface area contributed by atoms with Crippen molar-refractivity contribution in [3.63, 3.8) is 0 Å². The molecule has 0 radical (unpaired) electrons. The smallest absolute Gasteiger partial charge is 0.408 e.